The second-order valence-electron chi connectivity index (χ2n) is 7.59. The first-order valence-corrected chi connectivity index (χ1v) is 10.9. The molecule has 3 heterocycles. The van der Waals surface area contributed by atoms with Gasteiger partial charge in [0, 0.05) is 49.8 Å². The minimum absolute atomic E-state index is 0.215. The van der Waals surface area contributed by atoms with Gasteiger partial charge in [-0.3, -0.25) is 4.79 Å². The smallest absolute Gasteiger partial charge is 0.264 e. The third kappa shape index (κ3) is 3.90. The number of carbonyl (C=O) groups is 1. The topological polar surface area (TPSA) is 26.8 Å². The standard InChI is InChI=1S/C22H29N3OS/c1-3-23-12-14-24(15-13-23)19-8-6-18(7-9-19)20-16-17(2)21(27-20)22(26)25-10-4-5-11-25/h6-9,16H,3-5,10-15H2,1-2H3. The van der Waals surface area contributed by atoms with E-state index in [1.165, 1.54) is 16.1 Å². The van der Waals surface area contributed by atoms with Gasteiger partial charge in [-0.1, -0.05) is 19.1 Å². The van der Waals surface area contributed by atoms with Gasteiger partial charge in [0.1, 0.15) is 0 Å². The molecule has 0 saturated carbocycles. The van der Waals surface area contributed by atoms with Crippen LogP contribution in [0.2, 0.25) is 0 Å². The highest BCUT2D eigenvalue weighted by atomic mass is 32.1. The molecule has 144 valence electrons. The Morgan fingerprint density at radius 1 is 1.00 bits per heavy atom. The summed E-state index contributed by atoms with van der Waals surface area (Å²) in [5.74, 6) is 0.215. The number of hydrogen-bond donors (Lipinski definition) is 0. The summed E-state index contributed by atoms with van der Waals surface area (Å²) in [7, 11) is 0. The molecule has 0 N–H and O–H groups in total. The quantitative estimate of drug-likeness (QED) is 0.795. The monoisotopic (exact) mass is 383 g/mol. The molecule has 5 heteroatoms. The normalized spacial score (nSPS) is 18.3. The molecular weight excluding hydrogens is 354 g/mol. The van der Waals surface area contributed by atoms with Crippen LogP contribution in [0, 0.1) is 6.92 Å². The largest absolute Gasteiger partial charge is 0.369 e. The van der Waals surface area contributed by atoms with Crippen LogP contribution in [0.1, 0.15) is 35.0 Å². The summed E-state index contributed by atoms with van der Waals surface area (Å²) in [6, 6.07) is 11.0. The van der Waals surface area contributed by atoms with E-state index in [9.17, 15) is 4.79 Å². The van der Waals surface area contributed by atoms with Crippen molar-refractivity contribution in [3.05, 3.63) is 40.8 Å². The summed E-state index contributed by atoms with van der Waals surface area (Å²) >= 11 is 1.64. The summed E-state index contributed by atoms with van der Waals surface area (Å²) in [5, 5.41) is 0. The predicted molar refractivity (Wildman–Crippen MR) is 114 cm³/mol. The summed E-state index contributed by atoms with van der Waals surface area (Å²) in [6.07, 6.45) is 2.27. The number of aryl methyl sites for hydroxylation is 1. The maximum atomic E-state index is 12.8. The van der Waals surface area contributed by atoms with E-state index in [0.29, 0.717) is 0 Å². The lowest BCUT2D eigenvalue weighted by Gasteiger charge is -2.35. The molecule has 1 aromatic carbocycles. The molecule has 1 aromatic heterocycles. The van der Waals surface area contributed by atoms with Gasteiger partial charge < -0.3 is 14.7 Å². The lowest BCUT2D eigenvalue weighted by molar-refractivity contribution is 0.0797. The Morgan fingerprint density at radius 2 is 1.67 bits per heavy atom. The summed E-state index contributed by atoms with van der Waals surface area (Å²) in [4.78, 5) is 21.8. The molecule has 0 spiro atoms. The number of thiophene rings is 1. The van der Waals surface area contributed by atoms with Gasteiger partial charge in [-0.25, -0.2) is 0 Å². The van der Waals surface area contributed by atoms with Crippen LogP contribution in [0.15, 0.2) is 30.3 Å². The number of benzene rings is 1. The molecule has 0 radical (unpaired) electrons. The number of carbonyl (C=O) groups excluding carboxylic acids is 1. The Labute approximate surface area is 166 Å². The van der Waals surface area contributed by atoms with E-state index >= 15 is 0 Å². The molecule has 4 rings (SSSR count). The fourth-order valence-corrected chi connectivity index (χ4v) is 5.21. The summed E-state index contributed by atoms with van der Waals surface area (Å²) in [6.45, 7) is 11.7. The molecule has 4 nitrogen and oxygen atoms in total. The third-order valence-corrected chi connectivity index (χ3v) is 7.12. The lowest BCUT2D eigenvalue weighted by atomic mass is 10.1. The van der Waals surface area contributed by atoms with E-state index in [1.54, 1.807) is 11.3 Å². The maximum absolute atomic E-state index is 12.8. The lowest BCUT2D eigenvalue weighted by Crippen LogP contribution is -2.46. The number of hydrogen-bond acceptors (Lipinski definition) is 4. The van der Waals surface area contributed by atoms with Gasteiger partial charge in [-0.15, -0.1) is 11.3 Å². The first kappa shape index (κ1) is 18.5. The highest BCUT2D eigenvalue weighted by Crippen LogP contribution is 2.33. The molecule has 2 saturated heterocycles. The van der Waals surface area contributed by atoms with Crippen molar-refractivity contribution in [2.45, 2.75) is 26.7 Å². The second-order valence-corrected chi connectivity index (χ2v) is 8.64. The van der Waals surface area contributed by atoms with Crippen LogP contribution in [-0.2, 0) is 0 Å². The van der Waals surface area contributed by atoms with E-state index in [0.717, 1.165) is 69.1 Å². The molecule has 2 fully saturated rings. The van der Waals surface area contributed by atoms with Gasteiger partial charge in [-0.05, 0) is 55.6 Å². The van der Waals surface area contributed by atoms with Gasteiger partial charge in [0.25, 0.3) is 5.91 Å². The maximum Gasteiger partial charge on any atom is 0.264 e. The Morgan fingerprint density at radius 3 is 2.30 bits per heavy atom. The van der Waals surface area contributed by atoms with Crippen molar-refractivity contribution in [2.24, 2.45) is 0 Å². The number of likely N-dealkylation sites (tertiary alicyclic amines) is 1. The first-order valence-electron chi connectivity index (χ1n) is 10.1. The van der Waals surface area contributed by atoms with Crippen molar-refractivity contribution in [2.75, 3.05) is 50.7 Å². The van der Waals surface area contributed by atoms with Crippen LogP contribution in [-0.4, -0.2) is 61.5 Å². The molecule has 2 aliphatic rings. The Balaban J connectivity index is 1.48. The van der Waals surface area contributed by atoms with E-state index in [-0.39, 0.29) is 5.91 Å². The number of rotatable bonds is 4. The molecule has 2 aliphatic heterocycles. The molecule has 0 unspecified atom stereocenters. The molecular formula is C22H29N3OS. The average Bonchev–Trinajstić information content (AvgIpc) is 3.38. The number of piperazine rings is 1. The van der Waals surface area contributed by atoms with Gasteiger partial charge in [0.2, 0.25) is 0 Å². The second kappa shape index (κ2) is 8.03. The fourth-order valence-electron chi connectivity index (χ4n) is 4.06. The van der Waals surface area contributed by atoms with Crippen molar-refractivity contribution < 1.29 is 4.79 Å². The van der Waals surface area contributed by atoms with Crippen molar-refractivity contribution in [3.63, 3.8) is 0 Å². The van der Waals surface area contributed by atoms with Crippen LogP contribution >= 0.6 is 11.3 Å². The van der Waals surface area contributed by atoms with Gasteiger partial charge >= 0.3 is 0 Å². The first-order chi connectivity index (χ1) is 13.2. The molecule has 2 aromatic rings. The van der Waals surface area contributed by atoms with E-state index in [2.05, 4.69) is 54.0 Å². The zero-order valence-electron chi connectivity index (χ0n) is 16.4. The number of likely N-dealkylation sites (N-methyl/N-ethyl adjacent to an activating group) is 1. The fraction of sp³-hybridized carbons (Fsp3) is 0.500. The third-order valence-electron chi connectivity index (χ3n) is 5.84. The number of nitrogens with zero attached hydrogens (tertiary/aromatic N) is 3. The van der Waals surface area contributed by atoms with Crippen molar-refractivity contribution >= 4 is 22.9 Å². The zero-order chi connectivity index (χ0) is 18.8. The molecule has 0 aliphatic carbocycles. The molecule has 0 atom stereocenters. The van der Waals surface area contributed by atoms with Gasteiger partial charge in [-0.2, -0.15) is 0 Å². The number of anilines is 1. The van der Waals surface area contributed by atoms with Crippen LogP contribution < -0.4 is 4.90 Å². The van der Waals surface area contributed by atoms with Crippen LogP contribution in [0.3, 0.4) is 0 Å². The highest BCUT2D eigenvalue weighted by Gasteiger charge is 2.23. The van der Waals surface area contributed by atoms with Crippen molar-refractivity contribution in [1.82, 2.24) is 9.80 Å². The summed E-state index contributed by atoms with van der Waals surface area (Å²) < 4.78 is 0. The average molecular weight is 384 g/mol. The minimum Gasteiger partial charge on any atom is -0.369 e. The van der Waals surface area contributed by atoms with Gasteiger partial charge in [0.05, 0.1) is 4.88 Å². The van der Waals surface area contributed by atoms with Crippen LogP contribution in [0.5, 0.6) is 0 Å². The molecule has 27 heavy (non-hydrogen) atoms. The SMILES string of the molecule is CCN1CCN(c2ccc(-c3cc(C)c(C(=O)N4CCCC4)s3)cc2)CC1. The predicted octanol–water partition coefficient (Wildman–Crippen LogP) is 4.10. The number of amides is 1. The molecule has 1 amide bonds. The van der Waals surface area contributed by atoms with Gasteiger partial charge in [0.15, 0.2) is 0 Å². The van der Waals surface area contributed by atoms with E-state index < -0.39 is 0 Å². The Hall–Kier alpha value is -1.85. The minimum atomic E-state index is 0.215. The van der Waals surface area contributed by atoms with Crippen molar-refractivity contribution in [1.29, 1.82) is 0 Å². The zero-order valence-corrected chi connectivity index (χ0v) is 17.2. The Kier molecular flexibility index (Phi) is 5.50. The molecule has 0 bridgehead atoms. The highest BCUT2D eigenvalue weighted by molar-refractivity contribution is 7.17. The summed E-state index contributed by atoms with van der Waals surface area (Å²) in [5.41, 5.74) is 3.61. The van der Waals surface area contributed by atoms with Crippen LogP contribution in [0.25, 0.3) is 10.4 Å². The van der Waals surface area contributed by atoms with Crippen LogP contribution in [0.4, 0.5) is 5.69 Å². The Bertz CT molecular complexity index is 784. The van der Waals surface area contributed by atoms with E-state index in [4.69, 9.17) is 0 Å². The van der Waals surface area contributed by atoms with E-state index in [1.807, 2.05) is 4.90 Å². The van der Waals surface area contributed by atoms with Crippen molar-refractivity contribution in [3.8, 4) is 10.4 Å².